The van der Waals surface area contributed by atoms with E-state index in [2.05, 4.69) is 20.6 Å². The average molecular weight is 297 g/mol. The van der Waals surface area contributed by atoms with Crippen molar-refractivity contribution < 1.29 is 4.92 Å². The summed E-state index contributed by atoms with van der Waals surface area (Å²) in [4.78, 5) is 18.9. The minimum atomic E-state index is -0.420. The van der Waals surface area contributed by atoms with Crippen LogP contribution < -0.4 is 10.6 Å². The third kappa shape index (κ3) is 3.72. The fraction of sp³-hybridized carbons (Fsp3) is 0.667. The molecule has 0 spiro atoms. The third-order valence-corrected chi connectivity index (χ3v) is 4.26. The molecule has 1 aromatic rings. The van der Waals surface area contributed by atoms with Crippen molar-refractivity contribution in [1.82, 2.24) is 9.97 Å². The number of nitro groups is 1. The summed E-state index contributed by atoms with van der Waals surface area (Å²) in [6.07, 6.45) is 4.39. The Morgan fingerprint density at radius 2 is 2.30 bits per heavy atom. The molecule has 1 aromatic heterocycles. The molecular weight excluding hydrogens is 278 g/mol. The predicted octanol–water partition coefficient (Wildman–Crippen LogP) is 2.51. The quantitative estimate of drug-likeness (QED) is 0.615. The van der Waals surface area contributed by atoms with Gasteiger partial charge in [-0.3, -0.25) is 10.1 Å². The van der Waals surface area contributed by atoms with E-state index >= 15 is 0 Å². The minimum absolute atomic E-state index is 0.0588. The maximum absolute atomic E-state index is 11.3. The molecule has 0 aromatic carbocycles. The highest BCUT2D eigenvalue weighted by molar-refractivity contribution is 7.99. The van der Waals surface area contributed by atoms with Gasteiger partial charge in [0.25, 0.3) is 0 Å². The summed E-state index contributed by atoms with van der Waals surface area (Å²) >= 11 is 1.86. The number of rotatable bonds is 6. The lowest BCUT2D eigenvalue weighted by molar-refractivity contribution is -0.383. The molecule has 0 saturated carbocycles. The normalized spacial score (nSPS) is 18.6. The van der Waals surface area contributed by atoms with E-state index in [0.717, 1.165) is 30.8 Å². The van der Waals surface area contributed by atoms with Crippen LogP contribution >= 0.6 is 11.8 Å². The highest BCUT2D eigenvalue weighted by atomic mass is 32.2. The first kappa shape index (κ1) is 14.8. The summed E-state index contributed by atoms with van der Waals surface area (Å²) in [5.74, 6) is 2.72. The molecule has 7 nitrogen and oxygen atoms in total. The molecule has 8 heteroatoms. The lowest BCUT2D eigenvalue weighted by atomic mass is 10.2. The highest BCUT2D eigenvalue weighted by Gasteiger charge is 2.25. The van der Waals surface area contributed by atoms with Crippen molar-refractivity contribution in [2.24, 2.45) is 0 Å². The molecule has 110 valence electrons. The van der Waals surface area contributed by atoms with E-state index in [1.54, 1.807) is 0 Å². The Balaban J connectivity index is 2.19. The van der Waals surface area contributed by atoms with Gasteiger partial charge in [-0.05, 0) is 25.0 Å². The van der Waals surface area contributed by atoms with E-state index < -0.39 is 4.92 Å². The minimum Gasteiger partial charge on any atom is -0.364 e. The van der Waals surface area contributed by atoms with Crippen molar-refractivity contribution in [2.75, 3.05) is 28.7 Å². The number of aromatic nitrogens is 2. The molecule has 20 heavy (non-hydrogen) atoms. The standard InChI is InChI=1S/C12H19N5O2S/c1-2-5-13-11-10(17(18)19)12(15-8-14-11)16-9-4-3-6-20-7-9/h8-9H,2-7H2,1H3,(H2,13,14,15,16). The third-order valence-electron chi connectivity index (χ3n) is 3.05. The summed E-state index contributed by atoms with van der Waals surface area (Å²) in [6, 6.07) is 0.237. The number of nitrogens with one attached hydrogen (secondary N) is 2. The van der Waals surface area contributed by atoms with Gasteiger partial charge in [0.15, 0.2) is 0 Å². The molecule has 1 saturated heterocycles. The Morgan fingerprint density at radius 1 is 1.50 bits per heavy atom. The molecule has 2 heterocycles. The van der Waals surface area contributed by atoms with Crippen molar-refractivity contribution in [3.63, 3.8) is 0 Å². The second kappa shape index (κ2) is 7.28. The Kier molecular flexibility index (Phi) is 5.40. The molecule has 1 aliphatic rings. The zero-order valence-corrected chi connectivity index (χ0v) is 12.3. The van der Waals surface area contributed by atoms with Crippen LogP contribution in [0.15, 0.2) is 6.33 Å². The monoisotopic (exact) mass is 297 g/mol. The maximum atomic E-state index is 11.3. The lowest BCUT2D eigenvalue weighted by Gasteiger charge is -2.22. The SMILES string of the molecule is CCCNc1ncnc(NC2CCCSC2)c1[N+](=O)[O-]. The molecule has 0 amide bonds. The largest absolute Gasteiger partial charge is 0.364 e. The van der Waals surface area contributed by atoms with Crippen LogP contribution in [-0.4, -0.2) is 39.0 Å². The van der Waals surface area contributed by atoms with Crippen LogP contribution in [0.4, 0.5) is 17.3 Å². The number of hydrogen-bond acceptors (Lipinski definition) is 7. The lowest BCUT2D eigenvalue weighted by Crippen LogP contribution is -2.27. The molecule has 0 bridgehead atoms. The van der Waals surface area contributed by atoms with E-state index in [1.165, 1.54) is 6.33 Å². The first-order valence-corrected chi connectivity index (χ1v) is 7.95. The van der Waals surface area contributed by atoms with Gasteiger partial charge in [0.1, 0.15) is 6.33 Å². The van der Waals surface area contributed by atoms with Crippen molar-refractivity contribution >= 4 is 29.1 Å². The fourth-order valence-corrected chi connectivity index (χ4v) is 3.15. The van der Waals surface area contributed by atoms with Crippen LogP contribution in [0, 0.1) is 10.1 Å². The van der Waals surface area contributed by atoms with Gasteiger partial charge in [-0.15, -0.1) is 0 Å². The molecule has 0 radical (unpaired) electrons. The van der Waals surface area contributed by atoms with E-state index in [9.17, 15) is 10.1 Å². The van der Waals surface area contributed by atoms with Crippen LogP contribution in [0.25, 0.3) is 0 Å². The average Bonchev–Trinajstić information content (AvgIpc) is 2.46. The van der Waals surface area contributed by atoms with E-state index in [0.29, 0.717) is 12.4 Å². The number of anilines is 2. The second-order valence-corrected chi connectivity index (χ2v) is 5.81. The van der Waals surface area contributed by atoms with Crippen LogP contribution in [0.3, 0.4) is 0 Å². The first-order chi connectivity index (χ1) is 9.72. The van der Waals surface area contributed by atoms with Crippen molar-refractivity contribution in [3.05, 3.63) is 16.4 Å². The Bertz CT molecular complexity index is 465. The number of hydrogen-bond donors (Lipinski definition) is 2. The summed E-state index contributed by atoms with van der Waals surface area (Å²) < 4.78 is 0. The first-order valence-electron chi connectivity index (χ1n) is 6.80. The Hall–Kier alpha value is -1.57. The van der Waals surface area contributed by atoms with Crippen molar-refractivity contribution in [2.45, 2.75) is 32.2 Å². The molecule has 1 aliphatic heterocycles. The van der Waals surface area contributed by atoms with Gasteiger partial charge in [-0.2, -0.15) is 11.8 Å². The second-order valence-electron chi connectivity index (χ2n) is 4.66. The van der Waals surface area contributed by atoms with Gasteiger partial charge in [0, 0.05) is 18.3 Å². The molecule has 2 N–H and O–H groups in total. The van der Waals surface area contributed by atoms with Gasteiger partial charge in [0.2, 0.25) is 11.6 Å². The summed E-state index contributed by atoms with van der Waals surface area (Å²) in [7, 11) is 0. The van der Waals surface area contributed by atoms with Crippen LogP contribution in [0.5, 0.6) is 0 Å². The van der Waals surface area contributed by atoms with Gasteiger partial charge in [-0.1, -0.05) is 6.92 Å². The Morgan fingerprint density at radius 3 is 2.95 bits per heavy atom. The molecule has 2 rings (SSSR count). The van der Waals surface area contributed by atoms with Crippen molar-refractivity contribution in [3.8, 4) is 0 Å². The van der Waals surface area contributed by atoms with E-state index in [4.69, 9.17) is 0 Å². The number of thioether (sulfide) groups is 1. The van der Waals surface area contributed by atoms with Crippen LogP contribution in [-0.2, 0) is 0 Å². The summed E-state index contributed by atoms with van der Waals surface area (Å²) in [5, 5.41) is 17.5. The van der Waals surface area contributed by atoms with Gasteiger partial charge in [0.05, 0.1) is 4.92 Å². The molecule has 1 atom stereocenters. The summed E-state index contributed by atoms with van der Waals surface area (Å²) in [5.41, 5.74) is -0.0588. The molecule has 0 aliphatic carbocycles. The van der Waals surface area contributed by atoms with Gasteiger partial charge in [-0.25, -0.2) is 9.97 Å². The van der Waals surface area contributed by atoms with Crippen LogP contribution in [0.2, 0.25) is 0 Å². The van der Waals surface area contributed by atoms with E-state index in [1.807, 2.05) is 18.7 Å². The molecular formula is C12H19N5O2S. The van der Waals surface area contributed by atoms with Crippen LogP contribution in [0.1, 0.15) is 26.2 Å². The molecule has 1 unspecified atom stereocenters. The predicted molar refractivity (Wildman–Crippen MR) is 81.4 cm³/mol. The smallest absolute Gasteiger partial charge is 0.353 e. The van der Waals surface area contributed by atoms with E-state index in [-0.39, 0.29) is 17.5 Å². The van der Waals surface area contributed by atoms with Gasteiger partial charge >= 0.3 is 5.69 Å². The van der Waals surface area contributed by atoms with Crippen molar-refractivity contribution in [1.29, 1.82) is 0 Å². The fourth-order valence-electron chi connectivity index (χ4n) is 2.08. The van der Waals surface area contributed by atoms with Gasteiger partial charge < -0.3 is 10.6 Å². The topological polar surface area (TPSA) is 93.0 Å². The molecule has 1 fully saturated rings. The zero-order valence-electron chi connectivity index (χ0n) is 11.5. The zero-order chi connectivity index (χ0) is 14.4. The Labute approximate surface area is 122 Å². The number of nitrogens with zero attached hydrogens (tertiary/aromatic N) is 3. The maximum Gasteiger partial charge on any atom is 0.353 e. The summed E-state index contributed by atoms with van der Waals surface area (Å²) in [6.45, 7) is 2.65. The highest BCUT2D eigenvalue weighted by Crippen LogP contribution is 2.30.